The van der Waals surface area contributed by atoms with Gasteiger partial charge in [-0.15, -0.1) is 0 Å². The zero-order valence-electron chi connectivity index (χ0n) is 4.52. The average Bonchev–Trinajstić information content (AvgIpc) is 2.41. The monoisotopic (exact) mass is 108 g/mol. The first kappa shape index (κ1) is 5.32. The molecule has 0 atom stereocenters. The minimum atomic E-state index is 0. The van der Waals surface area contributed by atoms with E-state index in [2.05, 4.69) is 24.3 Å². The largest absolute Gasteiger partial charge is 0.412 e. The lowest BCUT2D eigenvalue weighted by Crippen LogP contribution is -1.48. The Labute approximate surface area is 48.3 Å². The molecule has 42 valence electrons. The first-order chi connectivity index (χ1) is 3.47. The third-order valence-corrected chi connectivity index (χ3v) is 1.37. The van der Waals surface area contributed by atoms with Crippen molar-refractivity contribution in [3.8, 4) is 0 Å². The Kier molecular flexibility index (Phi) is 1.06. The van der Waals surface area contributed by atoms with Crippen LogP contribution in [0.1, 0.15) is 11.1 Å². The molecular weight excluding hydrogens is 100 g/mol. The highest BCUT2D eigenvalue weighted by Crippen LogP contribution is 2.25. The molecule has 0 heterocycles. The quantitative estimate of drug-likeness (QED) is 0.477. The third kappa shape index (κ3) is 0.610. The zero-order chi connectivity index (χ0) is 4.69. The van der Waals surface area contributed by atoms with Crippen molar-refractivity contribution in [1.82, 2.24) is 0 Å². The van der Waals surface area contributed by atoms with Gasteiger partial charge in [-0.25, -0.2) is 0 Å². The molecule has 2 rings (SSSR count). The summed E-state index contributed by atoms with van der Waals surface area (Å²) in [4.78, 5) is 0. The van der Waals surface area contributed by atoms with Crippen LogP contribution in [0.25, 0.3) is 0 Å². The highest BCUT2D eigenvalue weighted by Gasteiger charge is 2.12. The fraction of sp³-hybridized carbons (Fsp3) is 0.143. The predicted molar refractivity (Wildman–Crippen MR) is 32.9 cm³/mol. The second-order valence-corrected chi connectivity index (χ2v) is 1.95. The molecule has 1 aromatic carbocycles. The van der Waals surface area contributed by atoms with Crippen molar-refractivity contribution >= 4 is 0 Å². The van der Waals surface area contributed by atoms with Crippen LogP contribution in [0.5, 0.6) is 0 Å². The van der Waals surface area contributed by atoms with E-state index in [-0.39, 0.29) is 5.48 Å². The van der Waals surface area contributed by atoms with Crippen LogP contribution in [0.15, 0.2) is 24.3 Å². The Morgan fingerprint density at radius 1 is 1.00 bits per heavy atom. The maximum atomic E-state index is 2.18. The van der Waals surface area contributed by atoms with Crippen molar-refractivity contribution < 1.29 is 5.48 Å². The molecule has 1 aliphatic rings. The molecule has 1 heteroatoms. The first-order valence-corrected chi connectivity index (χ1v) is 2.53. The van der Waals surface area contributed by atoms with Crippen LogP contribution < -0.4 is 0 Å². The van der Waals surface area contributed by atoms with Crippen LogP contribution in [-0.2, 0) is 6.42 Å². The Hall–Kier alpha value is -0.820. The zero-order valence-corrected chi connectivity index (χ0v) is 4.52. The summed E-state index contributed by atoms with van der Waals surface area (Å²) >= 11 is 0. The molecule has 1 nitrogen and oxygen atoms in total. The molecule has 0 radical (unpaired) electrons. The van der Waals surface area contributed by atoms with Gasteiger partial charge in [0.25, 0.3) is 0 Å². The number of hydrogen-bond donors (Lipinski definition) is 0. The van der Waals surface area contributed by atoms with Gasteiger partial charge in [-0.2, -0.15) is 0 Å². The number of fused-ring (bicyclic) bond motifs is 1. The lowest BCUT2D eigenvalue weighted by molar-refractivity contribution is 0.824. The summed E-state index contributed by atoms with van der Waals surface area (Å²) < 4.78 is 0. The fourth-order valence-electron chi connectivity index (χ4n) is 0.836. The Bertz CT molecular complexity index is 172. The summed E-state index contributed by atoms with van der Waals surface area (Å²) in [6.45, 7) is 0. The normalized spacial score (nSPS) is 11.5. The third-order valence-electron chi connectivity index (χ3n) is 1.37. The molecule has 0 amide bonds. The summed E-state index contributed by atoms with van der Waals surface area (Å²) in [7, 11) is 0. The van der Waals surface area contributed by atoms with Crippen molar-refractivity contribution in [2.45, 2.75) is 6.42 Å². The van der Waals surface area contributed by atoms with E-state index in [0.717, 1.165) is 0 Å². The lowest BCUT2D eigenvalue weighted by Gasteiger charge is -1.69. The highest BCUT2D eigenvalue weighted by molar-refractivity contribution is 5.44. The maximum Gasteiger partial charge on any atom is -0.00201 e. The van der Waals surface area contributed by atoms with Gasteiger partial charge in [0, 0.05) is 0 Å². The van der Waals surface area contributed by atoms with E-state index in [9.17, 15) is 0 Å². The van der Waals surface area contributed by atoms with Crippen LogP contribution in [0.4, 0.5) is 0 Å². The molecule has 0 fully saturated rings. The SMILES string of the molecule is O.c1ccc2c(c1)C2. The van der Waals surface area contributed by atoms with Crippen molar-refractivity contribution in [3.05, 3.63) is 35.4 Å². The molecule has 8 heavy (non-hydrogen) atoms. The smallest absolute Gasteiger partial charge is 0.00201 e. The summed E-state index contributed by atoms with van der Waals surface area (Å²) in [6, 6.07) is 8.53. The van der Waals surface area contributed by atoms with Crippen LogP contribution in [-0.4, -0.2) is 5.48 Å². The van der Waals surface area contributed by atoms with E-state index in [1.165, 1.54) is 17.5 Å². The summed E-state index contributed by atoms with van der Waals surface area (Å²) in [5.74, 6) is 0. The lowest BCUT2D eigenvalue weighted by atomic mass is 10.4. The molecule has 2 N–H and O–H groups in total. The molecule has 0 aromatic heterocycles. The number of hydrogen-bond acceptors (Lipinski definition) is 0. The maximum absolute atomic E-state index is 2.18. The Morgan fingerprint density at radius 2 is 1.50 bits per heavy atom. The first-order valence-electron chi connectivity index (χ1n) is 2.53. The van der Waals surface area contributed by atoms with Gasteiger partial charge in [0.2, 0.25) is 0 Å². The molecule has 0 bridgehead atoms. The van der Waals surface area contributed by atoms with Gasteiger partial charge in [0.05, 0.1) is 0 Å². The van der Waals surface area contributed by atoms with Crippen molar-refractivity contribution in [1.29, 1.82) is 0 Å². The van der Waals surface area contributed by atoms with Crippen LogP contribution in [0.2, 0.25) is 0 Å². The Balaban J connectivity index is 0.000000320. The van der Waals surface area contributed by atoms with E-state index in [1.807, 2.05) is 0 Å². The van der Waals surface area contributed by atoms with Crippen molar-refractivity contribution in [2.75, 3.05) is 0 Å². The van der Waals surface area contributed by atoms with Gasteiger partial charge < -0.3 is 5.48 Å². The molecule has 0 saturated carbocycles. The standard InChI is InChI=1S/C7H6.H2O/c1-2-4-7-5-6(7)3-1;/h1-4H,5H2;1H2. The summed E-state index contributed by atoms with van der Waals surface area (Å²) in [5, 5.41) is 0. The van der Waals surface area contributed by atoms with Crippen molar-refractivity contribution in [3.63, 3.8) is 0 Å². The molecule has 1 aromatic rings. The van der Waals surface area contributed by atoms with E-state index in [4.69, 9.17) is 0 Å². The molecule has 0 aliphatic heterocycles. The average molecular weight is 108 g/mol. The summed E-state index contributed by atoms with van der Waals surface area (Å²) in [6.07, 6.45) is 1.24. The highest BCUT2D eigenvalue weighted by atomic mass is 16.0. The molecular formula is C7H8O. The topological polar surface area (TPSA) is 31.5 Å². The second kappa shape index (κ2) is 1.60. The van der Waals surface area contributed by atoms with Gasteiger partial charge in [0.15, 0.2) is 0 Å². The molecule has 0 unspecified atom stereocenters. The summed E-state index contributed by atoms with van der Waals surface area (Å²) in [5.41, 5.74) is 3.06. The van der Waals surface area contributed by atoms with Gasteiger partial charge in [0.1, 0.15) is 0 Å². The van der Waals surface area contributed by atoms with E-state index < -0.39 is 0 Å². The van der Waals surface area contributed by atoms with Gasteiger partial charge in [-0.3, -0.25) is 0 Å². The number of benzene rings is 1. The van der Waals surface area contributed by atoms with E-state index in [0.29, 0.717) is 0 Å². The van der Waals surface area contributed by atoms with Gasteiger partial charge in [-0.05, 0) is 17.5 Å². The Morgan fingerprint density at radius 3 is 1.88 bits per heavy atom. The van der Waals surface area contributed by atoms with Crippen LogP contribution in [0, 0.1) is 0 Å². The predicted octanol–water partition coefficient (Wildman–Crippen LogP) is 0.766. The molecule has 0 spiro atoms. The van der Waals surface area contributed by atoms with E-state index >= 15 is 0 Å². The fourth-order valence-corrected chi connectivity index (χ4v) is 0.836. The molecule has 1 aliphatic carbocycles. The van der Waals surface area contributed by atoms with Crippen molar-refractivity contribution in [2.24, 2.45) is 0 Å². The van der Waals surface area contributed by atoms with Crippen LogP contribution >= 0.6 is 0 Å². The van der Waals surface area contributed by atoms with Gasteiger partial charge >= 0.3 is 0 Å². The second-order valence-electron chi connectivity index (χ2n) is 1.95. The van der Waals surface area contributed by atoms with Crippen LogP contribution in [0.3, 0.4) is 0 Å². The minimum absolute atomic E-state index is 0. The number of rotatable bonds is 0. The molecule has 0 saturated heterocycles. The van der Waals surface area contributed by atoms with Gasteiger partial charge in [-0.1, -0.05) is 24.3 Å². The van der Waals surface area contributed by atoms with E-state index in [1.54, 1.807) is 0 Å². The minimum Gasteiger partial charge on any atom is -0.412 e.